The van der Waals surface area contributed by atoms with Gasteiger partial charge in [-0.05, 0) is 32.1 Å². The molecule has 0 spiro atoms. The maximum Gasteiger partial charge on any atom is 0.471 e. The van der Waals surface area contributed by atoms with Crippen LogP contribution in [0.25, 0.3) is 0 Å². The fraction of sp³-hybridized carbons (Fsp3) is 0.872. The van der Waals surface area contributed by atoms with Crippen molar-refractivity contribution >= 4 is 11.8 Å². The van der Waals surface area contributed by atoms with Gasteiger partial charge in [0.1, 0.15) is 42.6 Å². The van der Waals surface area contributed by atoms with Crippen molar-refractivity contribution in [3.05, 3.63) is 25.3 Å². The SMILES string of the molecule is C.C=CCO[C@H]1O[C@H](CC)[C@@H](O)[C@H](OCC[C@@H](CCCCCCC)OC)[C@H]1NC(=O)C(F)(F)F.C=CCO[C@H]1O[C@H](COC)[C@@H](O)[C@H](OCC[C@@H](CCCCCCC)OC)[C@H]1NC(=O)C(F)(F)F. The zero-order valence-corrected chi connectivity index (χ0v) is 40.3. The molecule has 0 aromatic rings. The predicted molar refractivity (Wildman–Crippen MR) is 244 cm³/mol. The normalized spacial score (nSPS) is 26.1. The van der Waals surface area contributed by atoms with Crippen molar-refractivity contribution in [3.63, 3.8) is 0 Å². The number of hydrogen-bond acceptors (Lipinski definition) is 13. The molecule has 68 heavy (non-hydrogen) atoms. The summed E-state index contributed by atoms with van der Waals surface area (Å²) in [6, 6.07) is -2.76. The summed E-state index contributed by atoms with van der Waals surface area (Å²) in [6.45, 7) is 13.2. The molecule has 0 radical (unpaired) electrons. The molecule has 2 saturated heterocycles. The average Bonchev–Trinajstić information content (AvgIpc) is 3.28. The van der Waals surface area contributed by atoms with Gasteiger partial charge in [0, 0.05) is 34.5 Å². The Bertz CT molecular complexity index is 1340. The van der Waals surface area contributed by atoms with E-state index in [2.05, 4.69) is 27.0 Å². The Labute approximate surface area is 400 Å². The summed E-state index contributed by atoms with van der Waals surface area (Å²) in [7, 11) is 4.60. The maximum absolute atomic E-state index is 13.0. The number of carbonyl (C=O) groups excluding carboxylic acids is 2. The van der Waals surface area contributed by atoms with E-state index in [1.54, 1.807) is 21.1 Å². The average molecular weight is 999 g/mol. The summed E-state index contributed by atoms with van der Waals surface area (Å²) in [5.74, 6) is -4.33. The molecule has 2 amide bonds. The van der Waals surface area contributed by atoms with Gasteiger partial charge >= 0.3 is 24.2 Å². The lowest BCUT2D eigenvalue weighted by Crippen LogP contribution is -2.66. The Morgan fingerprint density at radius 3 is 1.34 bits per heavy atom. The van der Waals surface area contributed by atoms with Gasteiger partial charge in [-0.1, -0.05) is 105 Å². The lowest BCUT2D eigenvalue weighted by Gasteiger charge is -2.44. The number of methoxy groups -OCH3 is 3. The van der Waals surface area contributed by atoms with Crippen molar-refractivity contribution < 1.29 is 88.8 Å². The molecule has 0 aromatic carbocycles. The molecule has 2 fully saturated rings. The number of alkyl halides is 6. The smallest absolute Gasteiger partial charge is 0.388 e. The lowest BCUT2D eigenvalue weighted by atomic mass is 9.94. The minimum absolute atomic E-state index is 0. The molecule has 402 valence electrons. The van der Waals surface area contributed by atoms with E-state index in [4.69, 9.17) is 42.6 Å². The molecule has 2 heterocycles. The van der Waals surface area contributed by atoms with Crippen LogP contribution in [0.4, 0.5) is 26.3 Å². The number of aliphatic hydroxyl groups excluding tert-OH is 2. The summed E-state index contributed by atoms with van der Waals surface area (Å²) in [5, 5.41) is 25.2. The highest BCUT2D eigenvalue weighted by molar-refractivity contribution is 5.82. The third-order valence-corrected chi connectivity index (χ3v) is 11.4. The number of nitrogens with one attached hydrogen (secondary N) is 2. The number of halogens is 6. The van der Waals surface area contributed by atoms with Crippen LogP contribution in [0.5, 0.6) is 0 Å². The van der Waals surface area contributed by atoms with Crippen molar-refractivity contribution in [3.8, 4) is 0 Å². The Kier molecular flexibility index (Phi) is 35.2. The second-order valence-electron chi connectivity index (χ2n) is 16.5. The Hall–Kier alpha value is -2.44. The van der Waals surface area contributed by atoms with Gasteiger partial charge in [0.15, 0.2) is 12.6 Å². The van der Waals surface area contributed by atoms with E-state index in [9.17, 15) is 46.1 Å². The Balaban J connectivity index is 0.00000130. The van der Waals surface area contributed by atoms with Gasteiger partial charge in [-0.25, -0.2) is 0 Å². The van der Waals surface area contributed by atoms with Crippen molar-refractivity contribution in [2.24, 2.45) is 0 Å². The third kappa shape index (κ3) is 24.6. The van der Waals surface area contributed by atoms with Crippen LogP contribution in [0.15, 0.2) is 25.3 Å². The molecular weight excluding hydrogens is 915 g/mol. The van der Waals surface area contributed by atoms with Crippen LogP contribution in [0.1, 0.15) is 125 Å². The highest BCUT2D eigenvalue weighted by atomic mass is 19.4. The lowest BCUT2D eigenvalue weighted by molar-refractivity contribution is -0.277. The molecule has 0 aliphatic carbocycles. The molecule has 0 bridgehead atoms. The van der Waals surface area contributed by atoms with E-state index in [1.807, 2.05) is 10.6 Å². The zero-order chi connectivity index (χ0) is 50.4. The maximum atomic E-state index is 13.0. The minimum atomic E-state index is -5.12. The molecule has 0 aromatic heterocycles. The Morgan fingerprint density at radius 2 is 1.00 bits per heavy atom. The number of carbonyl (C=O) groups is 2. The molecular formula is C47H84F6N2O13. The fourth-order valence-electron chi connectivity index (χ4n) is 7.64. The summed E-state index contributed by atoms with van der Waals surface area (Å²) >= 11 is 0. The number of hydrogen-bond donors (Lipinski definition) is 4. The van der Waals surface area contributed by atoms with Gasteiger partial charge in [-0.3, -0.25) is 9.59 Å². The molecule has 2 rings (SSSR count). The van der Waals surface area contributed by atoms with Gasteiger partial charge in [-0.2, -0.15) is 26.3 Å². The topological polar surface area (TPSA) is 182 Å². The molecule has 15 nitrogen and oxygen atoms in total. The standard InChI is InChI=1S/C23H40F3NO7.C23H40F3NO6.CH4/c1-5-7-8-9-10-11-16(31-4)12-14-32-20-18(27-22(29)23(24,25)26)21(33-13-6-2)34-17(15-30-3)19(20)28;1-5-8-9-10-11-12-16(30-4)13-15-31-20-18(27-22(29)23(24,25)26)21(32-14-6-2)33-17(7-3)19(20)28;/h6,16-21,28H,2,5,7-15H2,1,3-4H3,(H,27,29);6,16-21,28H,2,5,7-15H2,1,3-4H3,(H,27,29);1H4/t2*16-,17-,18-,19-,20-,21+;/m11./s1. The van der Waals surface area contributed by atoms with Gasteiger partial charge < -0.3 is 63.5 Å². The monoisotopic (exact) mass is 999 g/mol. The van der Waals surface area contributed by atoms with Crippen LogP contribution in [0.3, 0.4) is 0 Å². The minimum Gasteiger partial charge on any atom is -0.388 e. The van der Waals surface area contributed by atoms with Crippen LogP contribution in [-0.4, -0.2) is 162 Å². The van der Waals surface area contributed by atoms with Gasteiger partial charge in [-0.15, -0.1) is 13.2 Å². The van der Waals surface area contributed by atoms with Crippen LogP contribution < -0.4 is 10.6 Å². The largest absolute Gasteiger partial charge is 0.471 e. The number of unbranched alkanes of at least 4 members (excludes halogenated alkanes) is 8. The molecule has 2 aliphatic rings. The summed E-state index contributed by atoms with van der Waals surface area (Å²) < 4.78 is 128. The second-order valence-corrected chi connectivity index (χ2v) is 16.5. The molecule has 4 N–H and O–H groups in total. The number of aliphatic hydroxyl groups is 2. The predicted octanol–water partition coefficient (Wildman–Crippen LogP) is 7.64. The van der Waals surface area contributed by atoms with Crippen molar-refractivity contribution in [2.45, 2.75) is 210 Å². The highest BCUT2D eigenvalue weighted by Gasteiger charge is 2.52. The number of amides is 2. The van der Waals surface area contributed by atoms with E-state index in [1.165, 1.54) is 38.5 Å². The summed E-state index contributed by atoms with van der Waals surface area (Å²) in [4.78, 5) is 23.3. The van der Waals surface area contributed by atoms with Crippen LogP contribution in [0.2, 0.25) is 0 Å². The molecule has 12 atom stereocenters. The van der Waals surface area contributed by atoms with Gasteiger partial charge in [0.2, 0.25) is 0 Å². The highest BCUT2D eigenvalue weighted by Crippen LogP contribution is 2.30. The van der Waals surface area contributed by atoms with E-state index in [0.29, 0.717) is 19.3 Å². The van der Waals surface area contributed by atoms with Crippen molar-refractivity contribution in [2.75, 3.05) is 54.4 Å². The van der Waals surface area contributed by atoms with E-state index in [0.717, 1.165) is 57.8 Å². The quantitative estimate of drug-likeness (QED) is 0.0287. The van der Waals surface area contributed by atoms with E-state index in [-0.39, 0.29) is 52.7 Å². The molecule has 0 unspecified atom stereocenters. The number of ether oxygens (including phenoxy) is 9. The zero-order valence-electron chi connectivity index (χ0n) is 40.3. The second kappa shape index (κ2) is 36.5. The van der Waals surface area contributed by atoms with Crippen LogP contribution in [0, 0.1) is 0 Å². The molecule has 21 heteroatoms. The number of rotatable bonds is 33. The van der Waals surface area contributed by atoms with Gasteiger partial charge in [0.25, 0.3) is 0 Å². The first-order valence-electron chi connectivity index (χ1n) is 23.5. The first kappa shape index (κ1) is 65.6. The first-order chi connectivity index (χ1) is 31.9. The molecule has 2 aliphatic heterocycles. The summed E-state index contributed by atoms with van der Waals surface area (Å²) in [6.07, 6.45) is -2.48. The van der Waals surface area contributed by atoms with Crippen molar-refractivity contribution in [1.29, 1.82) is 0 Å². The van der Waals surface area contributed by atoms with Gasteiger partial charge in [0.05, 0.1) is 38.1 Å². The van der Waals surface area contributed by atoms with Crippen LogP contribution in [-0.2, 0) is 52.2 Å². The Morgan fingerprint density at radius 1 is 0.618 bits per heavy atom. The van der Waals surface area contributed by atoms with Crippen molar-refractivity contribution in [1.82, 2.24) is 10.6 Å². The summed E-state index contributed by atoms with van der Waals surface area (Å²) in [5.41, 5.74) is 0. The third-order valence-electron chi connectivity index (χ3n) is 11.4. The van der Waals surface area contributed by atoms with Crippen LogP contribution >= 0.6 is 0 Å². The first-order valence-corrected chi connectivity index (χ1v) is 23.5. The van der Waals surface area contributed by atoms with E-state index < -0.39 is 85.5 Å². The molecule has 0 saturated carbocycles. The fourth-order valence-corrected chi connectivity index (χ4v) is 7.64. The van der Waals surface area contributed by atoms with E-state index >= 15 is 0 Å².